The molecule has 1 fully saturated rings. The van der Waals surface area contributed by atoms with Gasteiger partial charge in [0.2, 0.25) is 5.69 Å². The molecule has 3 aromatic rings. The van der Waals surface area contributed by atoms with Crippen molar-refractivity contribution < 1.29 is 22.4 Å². The Bertz CT molecular complexity index is 1290. The molecule has 0 saturated heterocycles. The van der Waals surface area contributed by atoms with Crippen molar-refractivity contribution in [1.82, 2.24) is 19.7 Å². The summed E-state index contributed by atoms with van der Waals surface area (Å²) >= 11 is 0. The molecule has 0 radical (unpaired) electrons. The van der Waals surface area contributed by atoms with E-state index < -0.39 is 40.4 Å². The van der Waals surface area contributed by atoms with E-state index in [9.17, 15) is 31.9 Å². The molecule has 2 aromatic carbocycles. The normalized spacial score (nSPS) is 13.7. The van der Waals surface area contributed by atoms with E-state index >= 15 is 0 Å². The van der Waals surface area contributed by atoms with Gasteiger partial charge in [-0.2, -0.15) is 23.0 Å². The van der Waals surface area contributed by atoms with Gasteiger partial charge < -0.3 is 5.32 Å². The average Bonchev–Trinajstić information content (AvgIpc) is 3.60. The Morgan fingerprint density at radius 3 is 2.24 bits per heavy atom. The van der Waals surface area contributed by atoms with E-state index in [4.69, 9.17) is 0 Å². The molecule has 1 aliphatic rings. The third-order valence-electron chi connectivity index (χ3n) is 5.22. The number of rotatable bonds is 6. The van der Waals surface area contributed by atoms with Gasteiger partial charge in [0.1, 0.15) is 5.82 Å². The van der Waals surface area contributed by atoms with Gasteiger partial charge in [-0.25, -0.2) is 9.18 Å². The zero-order chi connectivity index (χ0) is 23.8. The minimum Gasteiger partial charge on any atom is -0.350 e. The number of alkyl halides is 3. The number of nitrogens with one attached hydrogen (secondary N) is 1. The van der Waals surface area contributed by atoms with Gasteiger partial charge in [0.25, 0.3) is 11.5 Å². The molecule has 0 unspecified atom stereocenters. The molecule has 1 aromatic heterocycles. The van der Waals surface area contributed by atoms with E-state index in [-0.39, 0.29) is 12.2 Å². The lowest BCUT2D eigenvalue weighted by Crippen LogP contribution is -2.46. The molecular weight excluding hydrogens is 444 g/mol. The Morgan fingerprint density at radius 1 is 1.03 bits per heavy atom. The fourth-order valence-electron chi connectivity index (χ4n) is 3.17. The number of halogens is 4. The van der Waals surface area contributed by atoms with E-state index in [1.54, 1.807) is 0 Å². The zero-order valence-electron chi connectivity index (χ0n) is 17.1. The van der Waals surface area contributed by atoms with E-state index in [1.165, 1.54) is 12.1 Å². The molecule has 1 aliphatic carbocycles. The number of carbonyl (C=O) groups is 1. The minimum absolute atomic E-state index is 0.0582. The van der Waals surface area contributed by atoms with Crippen LogP contribution in [0.3, 0.4) is 0 Å². The summed E-state index contributed by atoms with van der Waals surface area (Å²) in [7, 11) is 0. The largest absolute Gasteiger partial charge is 0.416 e. The highest BCUT2D eigenvalue weighted by molar-refractivity contribution is 5.91. The van der Waals surface area contributed by atoms with Crippen molar-refractivity contribution in [1.29, 1.82) is 0 Å². The highest BCUT2D eigenvalue weighted by Gasteiger charge is 2.30. The molecular formula is C22H18F4N4O3. The number of aromatic nitrogens is 3. The number of carbonyl (C=O) groups excluding carboxylic acids is 1. The first kappa shape index (κ1) is 22.4. The maximum atomic E-state index is 13.2. The van der Waals surface area contributed by atoms with Crippen molar-refractivity contribution in [3.63, 3.8) is 0 Å². The lowest BCUT2D eigenvalue weighted by atomic mass is 10.2. The zero-order valence-corrected chi connectivity index (χ0v) is 17.1. The van der Waals surface area contributed by atoms with Crippen LogP contribution in [-0.2, 0) is 12.7 Å². The van der Waals surface area contributed by atoms with Crippen LogP contribution >= 0.6 is 0 Å². The lowest BCUT2D eigenvalue weighted by Gasteiger charge is -2.13. The molecule has 0 bridgehead atoms. The minimum atomic E-state index is -4.58. The van der Waals surface area contributed by atoms with Gasteiger partial charge in [0.05, 0.1) is 17.8 Å². The number of benzene rings is 2. The highest BCUT2D eigenvalue weighted by Crippen LogP contribution is 2.29. The van der Waals surface area contributed by atoms with E-state index in [2.05, 4.69) is 10.4 Å². The van der Waals surface area contributed by atoms with Gasteiger partial charge in [-0.3, -0.25) is 14.2 Å². The molecule has 1 N–H and O–H groups in total. The van der Waals surface area contributed by atoms with E-state index in [0.29, 0.717) is 22.7 Å². The number of hydrogen-bond donors (Lipinski definition) is 1. The Kier molecular flexibility index (Phi) is 5.88. The summed E-state index contributed by atoms with van der Waals surface area (Å²) in [4.78, 5) is 38.6. The topological polar surface area (TPSA) is 86.0 Å². The number of amides is 1. The van der Waals surface area contributed by atoms with Crippen LogP contribution in [-0.4, -0.2) is 26.8 Å². The number of hydrogen-bond acceptors (Lipinski definition) is 4. The monoisotopic (exact) mass is 462 g/mol. The summed E-state index contributed by atoms with van der Waals surface area (Å²) < 4.78 is 53.4. The van der Waals surface area contributed by atoms with Crippen molar-refractivity contribution in [3.8, 4) is 5.69 Å². The van der Waals surface area contributed by atoms with Crippen molar-refractivity contribution in [3.05, 3.63) is 92.0 Å². The average molecular weight is 462 g/mol. The van der Waals surface area contributed by atoms with Crippen LogP contribution in [0.5, 0.6) is 0 Å². The predicted molar refractivity (Wildman–Crippen MR) is 110 cm³/mol. The first-order valence-corrected chi connectivity index (χ1v) is 10.1. The molecule has 33 heavy (non-hydrogen) atoms. The van der Waals surface area contributed by atoms with Crippen LogP contribution in [0.4, 0.5) is 17.6 Å². The lowest BCUT2D eigenvalue weighted by molar-refractivity contribution is -0.137. The van der Waals surface area contributed by atoms with Crippen molar-refractivity contribution >= 4 is 5.91 Å². The molecule has 4 rings (SSSR count). The second-order valence-corrected chi connectivity index (χ2v) is 7.76. The van der Waals surface area contributed by atoms with Crippen molar-refractivity contribution in [2.75, 3.05) is 6.54 Å². The van der Waals surface area contributed by atoms with Gasteiger partial charge in [-0.05, 0) is 60.7 Å². The van der Waals surface area contributed by atoms with Crippen LogP contribution in [0, 0.1) is 11.7 Å². The molecule has 7 nitrogen and oxygen atoms in total. The molecule has 1 heterocycles. The Labute approximate surface area is 184 Å². The van der Waals surface area contributed by atoms with Crippen LogP contribution in [0.15, 0.2) is 58.1 Å². The van der Waals surface area contributed by atoms with Crippen LogP contribution in [0.25, 0.3) is 5.69 Å². The molecule has 1 saturated carbocycles. The molecule has 11 heteroatoms. The summed E-state index contributed by atoms with van der Waals surface area (Å²) in [5.41, 5.74) is -3.07. The first-order valence-electron chi connectivity index (χ1n) is 10.1. The van der Waals surface area contributed by atoms with Gasteiger partial charge in [-0.1, -0.05) is 12.1 Å². The van der Waals surface area contributed by atoms with Crippen molar-refractivity contribution in [2.24, 2.45) is 5.92 Å². The second-order valence-electron chi connectivity index (χ2n) is 7.76. The Hall–Kier alpha value is -3.76. The van der Waals surface area contributed by atoms with Crippen LogP contribution in [0.2, 0.25) is 0 Å². The predicted octanol–water partition coefficient (Wildman–Crippen LogP) is 2.74. The van der Waals surface area contributed by atoms with Crippen molar-refractivity contribution in [2.45, 2.75) is 25.6 Å². The molecule has 0 aliphatic heterocycles. The Morgan fingerprint density at radius 2 is 1.67 bits per heavy atom. The fraction of sp³-hybridized carbons (Fsp3) is 0.273. The summed E-state index contributed by atoms with van der Waals surface area (Å²) in [5, 5.41) is 6.47. The summed E-state index contributed by atoms with van der Waals surface area (Å²) in [5.74, 6) is -0.986. The number of nitrogens with zero attached hydrogens (tertiary/aromatic N) is 3. The summed E-state index contributed by atoms with van der Waals surface area (Å²) in [6, 6.07) is 8.63. The standard InChI is InChI=1S/C22H18F4N4O3/c23-16-7-3-14(4-8-16)12-29-20(32)18(19(31)27-11-13-1-2-13)28-30(21(29)33)17-9-5-15(6-10-17)22(24,25)26/h3-10,13H,1-2,11-12H2,(H,27,31). The Balaban J connectivity index is 1.79. The highest BCUT2D eigenvalue weighted by atomic mass is 19.4. The van der Waals surface area contributed by atoms with Gasteiger partial charge in [-0.15, -0.1) is 0 Å². The molecule has 0 atom stereocenters. The molecule has 0 spiro atoms. The van der Waals surface area contributed by atoms with Gasteiger partial charge >= 0.3 is 11.9 Å². The second kappa shape index (κ2) is 8.64. The van der Waals surface area contributed by atoms with Gasteiger partial charge in [0.15, 0.2) is 0 Å². The SMILES string of the molecule is O=C(NCC1CC1)c1nn(-c2ccc(C(F)(F)F)cc2)c(=O)n(Cc2ccc(F)cc2)c1=O. The molecule has 172 valence electrons. The summed E-state index contributed by atoms with van der Waals surface area (Å²) in [6.45, 7) is 0.0569. The van der Waals surface area contributed by atoms with E-state index in [1.807, 2.05) is 0 Å². The summed E-state index contributed by atoms with van der Waals surface area (Å²) in [6.07, 6.45) is -2.67. The van der Waals surface area contributed by atoms with Gasteiger partial charge in [0, 0.05) is 6.54 Å². The third-order valence-corrected chi connectivity index (χ3v) is 5.22. The maximum Gasteiger partial charge on any atom is 0.416 e. The smallest absolute Gasteiger partial charge is 0.350 e. The maximum absolute atomic E-state index is 13.2. The molecule has 1 amide bonds. The third kappa shape index (κ3) is 5.02. The van der Waals surface area contributed by atoms with Crippen LogP contribution < -0.4 is 16.6 Å². The van der Waals surface area contributed by atoms with E-state index in [0.717, 1.165) is 53.8 Å². The van der Waals surface area contributed by atoms with Crippen LogP contribution in [0.1, 0.15) is 34.5 Å². The fourth-order valence-corrected chi connectivity index (χ4v) is 3.17. The quantitative estimate of drug-likeness (QED) is 0.571. The first-order chi connectivity index (χ1) is 15.6.